The van der Waals surface area contributed by atoms with Gasteiger partial charge in [0.05, 0.1) is 21.4 Å². The zero-order chi connectivity index (χ0) is 26.6. The first kappa shape index (κ1) is 26.8. The molecule has 0 spiro atoms. The Morgan fingerprint density at radius 1 is 0.838 bits per heavy atom. The quantitative estimate of drug-likeness (QED) is 0.209. The van der Waals surface area contributed by atoms with Crippen LogP contribution in [0.3, 0.4) is 0 Å². The fraction of sp³-hybridized carbons (Fsp3) is 0.107. The van der Waals surface area contributed by atoms with Crippen molar-refractivity contribution in [3.8, 4) is 5.75 Å². The SMILES string of the molecule is COP(=O)(Oc1ccccc1)N(c1ccccc1C(C)(C(=O)O)c1ccccc1)c1c(Cl)cccc1Cl. The predicted octanol–water partition coefficient (Wildman–Crippen LogP) is 8.36. The summed E-state index contributed by atoms with van der Waals surface area (Å²) in [6, 6.07) is 28.9. The molecule has 2 unspecified atom stereocenters. The van der Waals surface area contributed by atoms with Gasteiger partial charge in [0.15, 0.2) is 0 Å². The molecule has 4 rings (SSSR count). The number of rotatable bonds is 9. The lowest BCUT2D eigenvalue weighted by Crippen LogP contribution is -2.35. The van der Waals surface area contributed by atoms with E-state index in [1.54, 1.807) is 110 Å². The summed E-state index contributed by atoms with van der Waals surface area (Å²) in [4.78, 5) is 12.9. The van der Waals surface area contributed by atoms with Crippen molar-refractivity contribution >= 4 is 48.3 Å². The molecule has 0 heterocycles. The maximum Gasteiger partial charge on any atom is 0.493 e. The summed E-state index contributed by atoms with van der Waals surface area (Å²) in [5, 5.41) is 10.9. The van der Waals surface area contributed by atoms with Crippen molar-refractivity contribution in [3.05, 3.63) is 124 Å². The predicted molar refractivity (Wildman–Crippen MR) is 147 cm³/mol. The highest BCUT2D eigenvalue weighted by Crippen LogP contribution is 2.61. The Kier molecular flexibility index (Phi) is 7.96. The molecule has 0 aromatic heterocycles. The summed E-state index contributed by atoms with van der Waals surface area (Å²) >= 11 is 13.2. The van der Waals surface area contributed by atoms with E-state index in [1.807, 2.05) is 0 Å². The van der Waals surface area contributed by atoms with Crippen LogP contribution in [0, 0.1) is 0 Å². The Balaban J connectivity index is 2.04. The van der Waals surface area contributed by atoms with Crippen molar-refractivity contribution in [2.45, 2.75) is 12.3 Å². The third-order valence-electron chi connectivity index (χ3n) is 6.04. The zero-order valence-electron chi connectivity index (χ0n) is 20.0. The normalized spacial score (nSPS) is 14.3. The van der Waals surface area contributed by atoms with E-state index in [4.69, 9.17) is 32.2 Å². The molecule has 0 fully saturated rings. The van der Waals surface area contributed by atoms with Crippen LogP contribution in [-0.4, -0.2) is 18.2 Å². The Morgan fingerprint density at radius 2 is 1.38 bits per heavy atom. The van der Waals surface area contributed by atoms with E-state index in [0.29, 0.717) is 11.1 Å². The molecule has 37 heavy (non-hydrogen) atoms. The average molecular weight is 556 g/mol. The van der Waals surface area contributed by atoms with E-state index in [0.717, 1.165) is 0 Å². The first-order valence-electron chi connectivity index (χ1n) is 11.3. The molecule has 9 heteroatoms. The van der Waals surface area contributed by atoms with Gasteiger partial charge in [0, 0.05) is 7.11 Å². The molecule has 6 nitrogen and oxygen atoms in total. The smallest absolute Gasteiger partial charge is 0.480 e. The van der Waals surface area contributed by atoms with Gasteiger partial charge < -0.3 is 9.63 Å². The molecule has 0 saturated carbocycles. The Labute approximate surface area is 225 Å². The Bertz CT molecular complexity index is 1430. The highest BCUT2D eigenvalue weighted by Gasteiger charge is 2.45. The minimum absolute atomic E-state index is 0.153. The second kappa shape index (κ2) is 11.0. The summed E-state index contributed by atoms with van der Waals surface area (Å²) in [5.74, 6) is -0.824. The van der Waals surface area contributed by atoms with Crippen LogP contribution in [0.1, 0.15) is 18.1 Å². The molecule has 0 bridgehead atoms. The first-order valence-corrected chi connectivity index (χ1v) is 13.5. The van der Waals surface area contributed by atoms with Crippen LogP contribution < -0.4 is 9.19 Å². The van der Waals surface area contributed by atoms with Crippen molar-refractivity contribution < 1.29 is 23.5 Å². The highest BCUT2D eigenvalue weighted by atomic mass is 35.5. The first-order chi connectivity index (χ1) is 17.7. The molecule has 0 aliphatic heterocycles. The molecule has 4 aromatic rings. The number of anilines is 2. The van der Waals surface area contributed by atoms with Gasteiger partial charge in [-0.15, -0.1) is 0 Å². The van der Waals surface area contributed by atoms with Crippen molar-refractivity contribution in [1.29, 1.82) is 0 Å². The van der Waals surface area contributed by atoms with Crippen molar-refractivity contribution in [3.63, 3.8) is 0 Å². The van der Waals surface area contributed by atoms with Crippen LogP contribution in [0.15, 0.2) is 103 Å². The van der Waals surface area contributed by atoms with Gasteiger partial charge in [0.2, 0.25) is 0 Å². The number of carboxylic acid groups (broad SMARTS) is 1. The number of hydrogen-bond acceptors (Lipinski definition) is 4. The number of carboxylic acids is 1. The van der Waals surface area contributed by atoms with Crippen LogP contribution >= 0.6 is 30.9 Å². The summed E-state index contributed by atoms with van der Waals surface area (Å²) in [5.41, 5.74) is -0.294. The number of halogens is 2. The van der Waals surface area contributed by atoms with Gasteiger partial charge in [-0.25, -0.2) is 9.24 Å². The third-order valence-corrected chi connectivity index (χ3v) is 8.46. The number of aliphatic carboxylic acids is 1. The van der Waals surface area contributed by atoms with Gasteiger partial charge in [-0.3, -0.25) is 9.32 Å². The third kappa shape index (κ3) is 5.11. The number of para-hydroxylation sites is 3. The number of carbonyl (C=O) groups is 1. The lowest BCUT2D eigenvalue weighted by molar-refractivity contribution is -0.141. The zero-order valence-corrected chi connectivity index (χ0v) is 22.5. The van der Waals surface area contributed by atoms with E-state index >= 15 is 0 Å². The second-order valence-corrected chi connectivity index (χ2v) is 11.0. The van der Waals surface area contributed by atoms with Crippen LogP contribution in [0.5, 0.6) is 5.75 Å². The molecule has 4 aromatic carbocycles. The van der Waals surface area contributed by atoms with Crippen molar-refractivity contribution in [1.82, 2.24) is 0 Å². The Morgan fingerprint density at radius 3 is 1.95 bits per heavy atom. The van der Waals surface area contributed by atoms with E-state index in [-0.39, 0.29) is 27.2 Å². The molecular formula is C28H24Cl2NO5P. The van der Waals surface area contributed by atoms with Gasteiger partial charge in [0.25, 0.3) is 0 Å². The standard InChI is InChI=1S/C28H24Cl2NO5P/c1-28(27(32)33,20-12-5-3-6-13-20)22-16-9-10-19-25(22)31(26-23(29)17-11-18-24(26)30)37(34,35-2)36-21-14-7-4-8-15-21/h3-19H,1-2H3,(H,32,33). The van der Waals surface area contributed by atoms with E-state index in [1.165, 1.54) is 11.8 Å². The van der Waals surface area contributed by atoms with E-state index < -0.39 is 19.1 Å². The van der Waals surface area contributed by atoms with Crippen LogP contribution in [0.4, 0.5) is 11.4 Å². The molecular weight excluding hydrogens is 532 g/mol. The molecule has 2 atom stereocenters. The molecule has 0 aliphatic rings. The minimum Gasteiger partial charge on any atom is -0.480 e. The number of nitrogens with zero attached hydrogens (tertiary/aromatic N) is 1. The average Bonchev–Trinajstić information content (AvgIpc) is 2.91. The number of benzene rings is 4. The molecule has 190 valence electrons. The van der Waals surface area contributed by atoms with Gasteiger partial charge in [0.1, 0.15) is 11.2 Å². The molecule has 0 aliphatic carbocycles. The fourth-order valence-corrected chi connectivity index (χ4v) is 6.38. The van der Waals surface area contributed by atoms with Crippen LogP contribution in [0.25, 0.3) is 0 Å². The lowest BCUT2D eigenvalue weighted by atomic mass is 9.75. The largest absolute Gasteiger partial charge is 0.493 e. The summed E-state index contributed by atoms with van der Waals surface area (Å²) in [6.07, 6.45) is 0. The second-order valence-electron chi connectivity index (χ2n) is 8.25. The van der Waals surface area contributed by atoms with Crippen LogP contribution in [0.2, 0.25) is 10.0 Å². The van der Waals surface area contributed by atoms with Gasteiger partial charge in [-0.1, -0.05) is 96.0 Å². The van der Waals surface area contributed by atoms with Crippen LogP contribution in [-0.2, 0) is 19.3 Å². The minimum atomic E-state index is -4.28. The highest BCUT2D eigenvalue weighted by molar-refractivity contribution is 7.56. The maximum atomic E-state index is 14.6. The fourth-order valence-electron chi connectivity index (χ4n) is 4.09. The van der Waals surface area contributed by atoms with Gasteiger partial charge in [-0.2, -0.15) is 0 Å². The molecule has 1 N–H and O–H groups in total. The monoisotopic (exact) mass is 555 g/mol. The van der Waals surface area contributed by atoms with E-state index in [9.17, 15) is 14.5 Å². The summed E-state index contributed by atoms with van der Waals surface area (Å²) in [7, 11) is -3.03. The Hall–Kier alpha value is -3.28. The molecule has 0 amide bonds. The topological polar surface area (TPSA) is 76.1 Å². The summed E-state index contributed by atoms with van der Waals surface area (Å²) < 4.78 is 27.3. The van der Waals surface area contributed by atoms with Gasteiger partial charge >= 0.3 is 13.7 Å². The van der Waals surface area contributed by atoms with E-state index in [2.05, 4.69) is 0 Å². The summed E-state index contributed by atoms with van der Waals surface area (Å²) in [6.45, 7) is 1.59. The number of hydrogen-bond donors (Lipinski definition) is 1. The van der Waals surface area contributed by atoms with Crippen molar-refractivity contribution in [2.24, 2.45) is 0 Å². The molecule has 0 saturated heterocycles. The van der Waals surface area contributed by atoms with Gasteiger partial charge in [-0.05, 0) is 48.4 Å². The molecule has 0 radical (unpaired) electrons. The van der Waals surface area contributed by atoms with Crippen molar-refractivity contribution in [2.75, 3.05) is 11.8 Å². The maximum absolute atomic E-state index is 14.6. The lowest BCUT2D eigenvalue weighted by Gasteiger charge is -2.36.